The first kappa shape index (κ1) is 12.3. The van der Waals surface area contributed by atoms with Crippen molar-refractivity contribution in [1.82, 2.24) is 9.13 Å². The molecule has 0 atom stereocenters. The van der Waals surface area contributed by atoms with Crippen LogP contribution in [0.3, 0.4) is 0 Å². The number of hydrogen-bond acceptors (Lipinski definition) is 3. The monoisotopic (exact) mass is 314 g/mol. The largest absolute Gasteiger partial charge is 0.331 e. The molecule has 6 heteroatoms. The van der Waals surface area contributed by atoms with E-state index >= 15 is 0 Å². The molecule has 2 aromatic rings. The number of aryl methyl sites for hydroxylation is 1. The molecule has 0 amide bonds. The average molecular weight is 315 g/mol. The lowest BCUT2D eigenvalue weighted by molar-refractivity contribution is 0.603. The SMILES string of the molecule is CCn1ccc(=O)n(Cc2ccc(Br)s2)c1=O. The van der Waals surface area contributed by atoms with Crippen LogP contribution in [0.4, 0.5) is 0 Å². The number of aromatic nitrogens is 2. The van der Waals surface area contributed by atoms with Crippen molar-refractivity contribution in [2.45, 2.75) is 20.0 Å². The van der Waals surface area contributed by atoms with Gasteiger partial charge in [0.15, 0.2) is 0 Å². The van der Waals surface area contributed by atoms with Crippen molar-refractivity contribution in [1.29, 1.82) is 0 Å². The second kappa shape index (κ2) is 5.01. The minimum absolute atomic E-state index is 0.260. The van der Waals surface area contributed by atoms with E-state index in [1.54, 1.807) is 0 Å². The first-order valence-electron chi connectivity index (χ1n) is 5.16. The number of hydrogen-bond donors (Lipinski definition) is 0. The zero-order valence-electron chi connectivity index (χ0n) is 9.22. The maximum absolute atomic E-state index is 12.0. The molecule has 0 saturated heterocycles. The van der Waals surface area contributed by atoms with Gasteiger partial charge < -0.3 is 4.57 Å². The molecule has 0 spiro atoms. The second-order valence-corrected chi connectivity index (χ2v) is 6.06. The zero-order chi connectivity index (χ0) is 12.4. The van der Waals surface area contributed by atoms with E-state index < -0.39 is 0 Å². The molecule has 0 unspecified atom stereocenters. The lowest BCUT2D eigenvalue weighted by Gasteiger charge is -2.06. The summed E-state index contributed by atoms with van der Waals surface area (Å²) in [7, 11) is 0. The van der Waals surface area contributed by atoms with E-state index in [-0.39, 0.29) is 11.2 Å². The molecule has 0 bridgehead atoms. The Balaban J connectivity index is 2.45. The minimum Gasteiger partial charge on any atom is -0.301 e. The highest BCUT2D eigenvalue weighted by Gasteiger charge is 2.06. The molecule has 0 fully saturated rings. The Morgan fingerprint density at radius 1 is 1.29 bits per heavy atom. The maximum Gasteiger partial charge on any atom is 0.331 e. The predicted octanol–water partition coefficient (Wildman–Crippen LogP) is 1.90. The van der Waals surface area contributed by atoms with E-state index in [1.165, 1.54) is 32.7 Å². The molecule has 0 aliphatic rings. The van der Waals surface area contributed by atoms with Crippen molar-refractivity contribution in [3.63, 3.8) is 0 Å². The highest BCUT2D eigenvalue weighted by atomic mass is 79.9. The van der Waals surface area contributed by atoms with Gasteiger partial charge >= 0.3 is 5.69 Å². The maximum atomic E-state index is 12.0. The number of nitrogens with zero attached hydrogens (tertiary/aromatic N) is 2. The molecule has 4 nitrogen and oxygen atoms in total. The summed E-state index contributed by atoms with van der Waals surface area (Å²) < 4.78 is 3.76. The summed E-state index contributed by atoms with van der Waals surface area (Å²) in [4.78, 5) is 24.6. The topological polar surface area (TPSA) is 44.0 Å². The van der Waals surface area contributed by atoms with Crippen LogP contribution < -0.4 is 11.2 Å². The summed E-state index contributed by atoms with van der Waals surface area (Å²) in [6.07, 6.45) is 1.53. The summed E-state index contributed by atoms with van der Waals surface area (Å²) in [5.74, 6) is 0. The second-order valence-electron chi connectivity index (χ2n) is 3.51. The van der Waals surface area contributed by atoms with Crippen LogP contribution in [-0.2, 0) is 13.1 Å². The van der Waals surface area contributed by atoms with E-state index in [0.29, 0.717) is 13.1 Å². The first-order chi connectivity index (χ1) is 8.11. The minimum atomic E-state index is -0.260. The molecule has 0 radical (unpaired) electrons. The Morgan fingerprint density at radius 2 is 2.06 bits per heavy atom. The van der Waals surface area contributed by atoms with Gasteiger partial charge in [0.25, 0.3) is 5.56 Å². The molecule has 2 aromatic heterocycles. The van der Waals surface area contributed by atoms with Crippen molar-refractivity contribution < 1.29 is 0 Å². The van der Waals surface area contributed by atoms with Crippen LogP contribution in [0.1, 0.15) is 11.8 Å². The number of halogens is 1. The molecule has 2 rings (SSSR count). The quantitative estimate of drug-likeness (QED) is 0.868. The molecule has 17 heavy (non-hydrogen) atoms. The van der Waals surface area contributed by atoms with Crippen molar-refractivity contribution in [3.05, 3.63) is 53.9 Å². The van der Waals surface area contributed by atoms with Crippen LogP contribution in [0, 0.1) is 0 Å². The summed E-state index contributed by atoms with van der Waals surface area (Å²) in [5, 5.41) is 0. The van der Waals surface area contributed by atoms with Crippen molar-refractivity contribution in [2.24, 2.45) is 0 Å². The van der Waals surface area contributed by atoms with Gasteiger partial charge in [0.1, 0.15) is 0 Å². The van der Waals surface area contributed by atoms with E-state index in [4.69, 9.17) is 0 Å². The third-order valence-electron chi connectivity index (χ3n) is 2.42. The molecule has 90 valence electrons. The lowest BCUT2D eigenvalue weighted by Crippen LogP contribution is -2.38. The van der Waals surface area contributed by atoms with Gasteiger partial charge in [-0.25, -0.2) is 4.79 Å². The molecule has 0 aromatic carbocycles. The average Bonchev–Trinajstić information content (AvgIpc) is 2.70. The van der Waals surface area contributed by atoms with E-state index in [1.807, 2.05) is 19.1 Å². The Labute approximate surface area is 110 Å². The Kier molecular flexibility index (Phi) is 3.63. The van der Waals surface area contributed by atoms with Gasteiger partial charge in [0.05, 0.1) is 10.3 Å². The van der Waals surface area contributed by atoms with Gasteiger partial charge in [-0.2, -0.15) is 0 Å². The van der Waals surface area contributed by atoms with Gasteiger partial charge in [-0.1, -0.05) is 0 Å². The van der Waals surface area contributed by atoms with Crippen LogP contribution in [0.2, 0.25) is 0 Å². The van der Waals surface area contributed by atoms with Gasteiger partial charge in [0.2, 0.25) is 0 Å². The Bertz CT molecular complexity index is 641. The summed E-state index contributed by atoms with van der Waals surface area (Å²) in [5.41, 5.74) is -0.520. The summed E-state index contributed by atoms with van der Waals surface area (Å²) >= 11 is 4.88. The molecular weight excluding hydrogens is 304 g/mol. The van der Waals surface area contributed by atoms with E-state index in [9.17, 15) is 9.59 Å². The number of thiophene rings is 1. The Hall–Kier alpha value is -1.14. The van der Waals surface area contributed by atoms with Gasteiger partial charge in [0, 0.05) is 23.7 Å². The van der Waals surface area contributed by atoms with Crippen molar-refractivity contribution in [3.8, 4) is 0 Å². The smallest absolute Gasteiger partial charge is 0.301 e. The van der Waals surface area contributed by atoms with Crippen LogP contribution in [0.25, 0.3) is 0 Å². The van der Waals surface area contributed by atoms with Crippen molar-refractivity contribution in [2.75, 3.05) is 0 Å². The van der Waals surface area contributed by atoms with Crippen molar-refractivity contribution >= 4 is 27.3 Å². The normalized spacial score (nSPS) is 10.7. The first-order valence-corrected chi connectivity index (χ1v) is 6.77. The Morgan fingerprint density at radius 3 is 2.65 bits per heavy atom. The third kappa shape index (κ3) is 2.58. The third-order valence-corrected chi connectivity index (χ3v) is 4.03. The molecule has 0 N–H and O–H groups in total. The lowest BCUT2D eigenvalue weighted by atomic mass is 10.4. The zero-order valence-corrected chi connectivity index (χ0v) is 11.6. The standard InChI is InChI=1S/C11H11BrN2O2S/c1-2-13-6-5-10(15)14(11(13)16)7-8-3-4-9(12)17-8/h3-6H,2,7H2,1H3. The van der Waals surface area contributed by atoms with Crippen LogP contribution in [0.15, 0.2) is 37.8 Å². The molecule has 2 heterocycles. The molecule has 0 aliphatic heterocycles. The van der Waals surface area contributed by atoms with Gasteiger partial charge in [-0.3, -0.25) is 9.36 Å². The fraction of sp³-hybridized carbons (Fsp3) is 0.273. The predicted molar refractivity (Wildman–Crippen MR) is 71.8 cm³/mol. The molecule has 0 saturated carbocycles. The molecular formula is C11H11BrN2O2S. The van der Waals surface area contributed by atoms with E-state index in [0.717, 1.165) is 8.66 Å². The molecule has 0 aliphatic carbocycles. The van der Waals surface area contributed by atoms with Crippen LogP contribution >= 0.6 is 27.3 Å². The number of rotatable bonds is 3. The van der Waals surface area contributed by atoms with Crippen LogP contribution in [0.5, 0.6) is 0 Å². The fourth-order valence-electron chi connectivity index (χ4n) is 1.54. The fourth-order valence-corrected chi connectivity index (χ4v) is 3.01. The highest BCUT2D eigenvalue weighted by Crippen LogP contribution is 2.22. The summed E-state index contributed by atoms with van der Waals surface area (Å²) in [6, 6.07) is 5.24. The van der Waals surface area contributed by atoms with Gasteiger partial charge in [-0.05, 0) is 35.0 Å². The van der Waals surface area contributed by atoms with Crippen LogP contribution in [-0.4, -0.2) is 9.13 Å². The highest BCUT2D eigenvalue weighted by molar-refractivity contribution is 9.11. The summed E-state index contributed by atoms with van der Waals surface area (Å²) in [6.45, 7) is 2.76. The van der Waals surface area contributed by atoms with E-state index in [2.05, 4.69) is 15.9 Å². The van der Waals surface area contributed by atoms with Gasteiger partial charge in [-0.15, -0.1) is 11.3 Å².